The number of amides is 1. The highest BCUT2D eigenvalue weighted by molar-refractivity contribution is 7.99. The lowest BCUT2D eigenvalue weighted by molar-refractivity contribution is -0.113. The van der Waals surface area contributed by atoms with Crippen LogP contribution in [-0.2, 0) is 11.2 Å². The number of hydrogen-bond acceptors (Lipinski definition) is 5. The van der Waals surface area contributed by atoms with Crippen LogP contribution in [0.1, 0.15) is 25.8 Å². The van der Waals surface area contributed by atoms with Crippen LogP contribution in [-0.4, -0.2) is 26.7 Å². The van der Waals surface area contributed by atoms with Gasteiger partial charge in [-0.3, -0.25) is 9.59 Å². The first-order valence-corrected chi connectivity index (χ1v) is 8.84. The van der Waals surface area contributed by atoms with E-state index in [4.69, 9.17) is 0 Å². The van der Waals surface area contributed by atoms with Crippen molar-refractivity contribution in [3.63, 3.8) is 0 Å². The lowest BCUT2D eigenvalue weighted by Crippen LogP contribution is -2.17. The number of aromatic hydroxyl groups is 1. The largest absolute Gasteiger partial charge is 0.493 e. The van der Waals surface area contributed by atoms with Crippen molar-refractivity contribution in [2.24, 2.45) is 5.92 Å². The fourth-order valence-electron chi connectivity index (χ4n) is 2.06. The smallest absolute Gasteiger partial charge is 0.258 e. The number of hydrogen-bond donors (Lipinski definition) is 3. The Morgan fingerprint density at radius 2 is 2.04 bits per heavy atom. The normalized spacial score (nSPS) is 10.9. The fourth-order valence-corrected chi connectivity index (χ4v) is 2.71. The zero-order chi connectivity index (χ0) is 18.4. The summed E-state index contributed by atoms with van der Waals surface area (Å²) in [6, 6.07) is 5.40. The van der Waals surface area contributed by atoms with E-state index >= 15 is 0 Å². The molecule has 2 aromatic rings. The van der Waals surface area contributed by atoms with Crippen molar-refractivity contribution in [2.45, 2.75) is 31.8 Å². The second-order valence-electron chi connectivity index (χ2n) is 5.95. The number of carbonyl (C=O) groups is 1. The Balaban J connectivity index is 1.95. The van der Waals surface area contributed by atoms with E-state index in [1.54, 1.807) is 0 Å². The first kappa shape index (κ1) is 19.0. The second-order valence-corrected chi connectivity index (χ2v) is 6.91. The molecule has 0 radical (unpaired) electrons. The molecule has 6 nitrogen and oxygen atoms in total. The molecule has 1 aromatic carbocycles. The van der Waals surface area contributed by atoms with E-state index in [0.29, 0.717) is 18.0 Å². The molecule has 1 aromatic heterocycles. The number of benzene rings is 1. The van der Waals surface area contributed by atoms with Gasteiger partial charge in [-0.15, -0.1) is 0 Å². The zero-order valence-corrected chi connectivity index (χ0v) is 14.8. The van der Waals surface area contributed by atoms with Gasteiger partial charge < -0.3 is 15.4 Å². The van der Waals surface area contributed by atoms with Crippen LogP contribution in [0.15, 0.2) is 34.2 Å². The molecule has 1 amide bonds. The topological polar surface area (TPSA) is 95.1 Å². The van der Waals surface area contributed by atoms with E-state index < -0.39 is 5.56 Å². The molecule has 1 heterocycles. The number of aromatic nitrogens is 2. The summed E-state index contributed by atoms with van der Waals surface area (Å²) in [6.07, 6.45) is 1.21. The molecule has 8 heteroatoms. The van der Waals surface area contributed by atoms with Gasteiger partial charge in [0.25, 0.3) is 5.56 Å². The molecule has 0 unspecified atom stereocenters. The molecule has 0 aliphatic carbocycles. The number of nitrogens with one attached hydrogen (secondary N) is 2. The minimum Gasteiger partial charge on any atom is -0.493 e. The summed E-state index contributed by atoms with van der Waals surface area (Å²) in [5.74, 6) is -0.621. The van der Waals surface area contributed by atoms with Crippen LogP contribution in [0.4, 0.5) is 10.1 Å². The second kappa shape index (κ2) is 8.66. The first-order valence-electron chi connectivity index (χ1n) is 7.85. The maximum atomic E-state index is 12.8. The summed E-state index contributed by atoms with van der Waals surface area (Å²) in [5, 5.41) is 12.7. The number of nitrogens with zero attached hydrogens (tertiary/aromatic N) is 1. The molecule has 0 bridgehead atoms. The predicted molar refractivity (Wildman–Crippen MR) is 95.4 cm³/mol. The van der Waals surface area contributed by atoms with Crippen LogP contribution < -0.4 is 10.9 Å². The average molecular weight is 365 g/mol. The van der Waals surface area contributed by atoms with Gasteiger partial charge in [0.1, 0.15) is 5.82 Å². The SMILES string of the molecule is CC(C)CCc1c(O)nc(SCC(=O)Nc2ccc(F)cc2)[nH]c1=O. The number of thioether (sulfide) groups is 1. The van der Waals surface area contributed by atoms with Crippen LogP contribution in [0.2, 0.25) is 0 Å². The van der Waals surface area contributed by atoms with Crippen molar-refractivity contribution in [2.75, 3.05) is 11.1 Å². The summed E-state index contributed by atoms with van der Waals surface area (Å²) >= 11 is 1.000. The van der Waals surface area contributed by atoms with Gasteiger partial charge in [0.2, 0.25) is 11.8 Å². The van der Waals surface area contributed by atoms with Gasteiger partial charge in [0.05, 0.1) is 11.3 Å². The maximum absolute atomic E-state index is 12.8. The van der Waals surface area contributed by atoms with E-state index in [2.05, 4.69) is 15.3 Å². The summed E-state index contributed by atoms with van der Waals surface area (Å²) in [5.41, 5.74) is 0.337. The predicted octanol–water partition coefficient (Wildman–Crippen LogP) is 2.93. The van der Waals surface area contributed by atoms with Crippen molar-refractivity contribution in [3.8, 4) is 5.88 Å². The van der Waals surface area contributed by atoms with Crippen molar-refractivity contribution in [3.05, 3.63) is 46.0 Å². The van der Waals surface area contributed by atoms with Crippen molar-refractivity contribution >= 4 is 23.4 Å². The lowest BCUT2D eigenvalue weighted by atomic mass is 10.0. The quantitative estimate of drug-likeness (QED) is 0.518. The Bertz CT molecular complexity index is 791. The summed E-state index contributed by atoms with van der Waals surface area (Å²) < 4.78 is 12.8. The van der Waals surface area contributed by atoms with E-state index in [-0.39, 0.29) is 34.1 Å². The van der Waals surface area contributed by atoms with E-state index in [9.17, 15) is 19.1 Å². The molecule has 0 fully saturated rings. The molecule has 0 aliphatic rings. The molecular formula is C17H20FN3O3S. The van der Waals surface area contributed by atoms with Crippen molar-refractivity contribution in [1.82, 2.24) is 9.97 Å². The Hall–Kier alpha value is -2.35. The van der Waals surface area contributed by atoms with Crippen molar-refractivity contribution in [1.29, 1.82) is 0 Å². The Labute approximate surface area is 148 Å². The van der Waals surface area contributed by atoms with E-state index in [1.165, 1.54) is 24.3 Å². The summed E-state index contributed by atoms with van der Waals surface area (Å²) in [6.45, 7) is 4.06. The van der Waals surface area contributed by atoms with Gasteiger partial charge in [0, 0.05) is 5.69 Å². The first-order chi connectivity index (χ1) is 11.8. The molecule has 3 N–H and O–H groups in total. The Morgan fingerprint density at radius 3 is 2.64 bits per heavy atom. The zero-order valence-electron chi connectivity index (χ0n) is 14.0. The number of rotatable bonds is 7. The van der Waals surface area contributed by atoms with Crippen LogP contribution in [0.3, 0.4) is 0 Å². The van der Waals surface area contributed by atoms with Crippen LogP contribution in [0.5, 0.6) is 5.88 Å². The van der Waals surface area contributed by atoms with Gasteiger partial charge in [-0.05, 0) is 43.0 Å². The van der Waals surface area contributed by atoms with Crippen molar-refractivity contribution < 1.29 is 14.3 Å². The molecule has 0 spiro atoms. The number of carbonyl (C=O) groups excluding carboxylic acids is 1. The fraction of sp³-hybridized carbons (Fsp3) is 0.353. The minimum atomic E-state index is -0.394. The van der Waals surface area contributed by atoms with E-state index in [0.717, 1.165) is 18.2 Å². The molecule has 2 rings (SSSR count). The highest BCUT2D eigenvalue weighted by Crippen LogP contribution is 2.19. The number of anilines is 1. The lowest BCUT2D eigenvalue weighted by Gasteiger charge is -2.08. The Morgan fingerprint density at radius 1 is 1.36 bits per heavy atom. The molecule has 25 heavy (non-hydrogen) atoms. The molecule has 0 saturated heterocycles. The monoisotopic (exact) mass is 365 g/mol. The number of aromatic amines is 1. The highest BCUT2D eigenvalue weighted by atomic mass is 32.2. The van der Waals surface area contributed by atoms with Gasteiger partial charge in [-0.25, -0.2) is 4.39 Å². The summed E-state index contributed by atoms with van der Waals surface area (Å²) in [4.78, 5) is 30.4. The van der Waals surface area contributed by atoms with Crippen LogP contribution in [0, 0.1) is 11.7 Å². The molecule has 0 aliphatic heterocycles. The van der Waals surface area contributed by atoms with Crippen LogP contribution in [0.25, 0.3) is 0 Å². The maximum Gasteiger partial charge on any atom is 0.258 e. The van der Waals surface area contributed by atoms with Crippen LogP contribution >= 0.6 is 11.8 Å². The van der Waals surface area contributed by atoms with Gasteiger partial charge >= 0.3 is 0 Å². The average Bonchev–Trinajstić information content (AvgIpc) is 2.54. The molecule has 0 atom stereocenters. The third-order valence-electron chi connectivity index (χ3n) is 3.41. The Kier molecular flexibility index (Phi) is 6.58. The van der Waals surface area contributed by atoms with E-state index in [1.807, 2.05) is 13.8 Å². The van der Waals surface area contributed by atoms with Gasteiger partial charge in [-0.2, -0.15) is 4.98 Å². The standard InChI is InChI=1S/C17H20FN3O3S/c1-10(2)3-8-13-15(23)20-17(21-16(13)24)25-9-14(22)19-12-6-4-11(18)5-7-12/h4-7,10H,3,8-9H2,1-2H3,(H,19,22)(H2,20,21,23,24). The molecule has 0 saturated carbocycles. The highest BCUT2D eigenvalue weighted by Gasteiger charge is 2.13. The number of halogens is 1. The molecular weight excluding hydrogens is 345 g/mol. The third kappa shape index (κ3) is 5.90. The van der Waals surface area contributed by atoms with Gasteiger partial charge in [-0.1, -0.05) is 25.6 Å². The van der Waals surface area contributed by atoms with Gasteiger partial charge in [0.15, 0.2) is 5.16 Å². The third-order valence-corrected chi connectivity index (χ3v) is 4.28. The number of H-pyrrole nitrogens is 1. The minimum absolute atomic E-state index is 0.00883. The molecule has 134 valence electrons. The summed E-state index contributed by atoms with van der Waals surface area (Å²) in [7, 11) is 0.